The zero-order valence-electron chi connectivity index (χ0n) is 10.3. The summed E-state index contributed by atoms with van der Waals surface area (Å²) in [5.74, 6) is -0.331. The molecule has 0 aliphatic carbocycles. The summed E-state index contributed by atoms with van der Waals surface area (Å²) in [6, 6.07) is 10.9. The van der Waals surface area contributed by atoms with Crippen LogP contribution in [0.2, 0.25) is 0 Å². The maximum absolute atomic E-state index is 10.7. The van der Waals surface area contributed by atoms with Crippen LogP contribution in [0.1, 0.15) is 35.9 Å². The largest absolute Gasteiger partial charge is 0.475 e. The third-order valence-corrected chi connectivity index (χ3v) is 2.66. The number of anilines is 2. The number of rotatable bonds is 4. The summed E-state index contributed by atoms with van der Waals surface area (Å²) in [7, 11) is 0. The minimum absolute atomic E-state index is 0.0699. The van der Waals surface area contributed by atoms with E-state index < -0.39 is 5.97 Å². The van der Waals surface area contributed by atoms with Crippen LogP contribution in [0.15, 0.2) is 40.8 Å². The number of aromatic carboxylic acids is 1. The lowest BCUT2D eigenvalue weighted by Crippen LogP contribution is -1.97. The average Bonchev–Trinajstić information content (AvgIpc) is 2.78. The number of carbonyl (C=O) groups is 1. The Bertz CT molecular complexity index is 558. The van der Waals surface area contributed by atoms with Crippen molar-refractivity contribution in [1.82, 2.24) is 0 Å². The first kappa shape index (κ1) is 12.2. The molecule has 2 N–H and O–H groups in total. The normalized spacial score (nSPS) is 10.6. The molecule has 94 valence electrons. The molecular formula is C14H15NO3. The minimum atomic E-state index is -1.07. The number of carboxylic acids is 1. The van der Waals surface area contributed by atoms with Gasteiger partial charge in [-0.05, 0) is 23.6 Å². The lowest BCUT2D eigenvalue weighted by molar-refractivity contribution is 0.0663. The van der Waals surface area contributed by atoms with Crippen molar-refractivity contribution < 1.29 is 14.3 Å². The van der Waals surface area contributed by atoms with Crippen LogP contribution in [0.5, 0.6) is 0 Å². The Morgan fingerprint density at radius 1 is 1.22 bits per heavy atom. The number of hydrogen-bond donors (Lipinski definition) is 2. The lowest BCUT2D eigenvalue weighted by Gasteiger charge is -2.12. The Morgan fingerprint density at radius 2 is 1.94 bits per heavy atom. The number of furan rings is 1. The van der Waals surface area contributed by atoms with Crippen LogP contribution in [0.3, 0.4) is 0 Å². The summed E-state index contributed by atoms with van der Waals surface area (Å²) < 4.78 is 5.17. The van der Waals surface area contributed by atoms with E-state index in [1.165, 1.54) is 6.07 Å². The molecular weight excluding hydrogens is 230 g/mol. The predicted octanol–water partition coefficient (Wildman–Crippen LogP) is 3.84. The molecule has 4 heteroatoms. The SMILES string of the molecule is CC(C)c1ccccc1Nc1ccc(C(=O)O)o1. The smallest absolute Gasteiger partial charge is 0.371 e. The van der Waals surface area contributed by atoms with E-state index in [1.54, 1.807) is 6.07 Å². The molecule has 0 saturated heterocycles. The first-order valence-electron chi connectivity index (χ1n) is 5.77. The van der Waals surface area contributed by atoms with Crippen LogP contribution >= 0.6 is 0 Å². The molecule has 0 bridgehead atoms. The van der Waals surface area contributed by atoms with Crippen molar-refractivity contribution in [3.05, 3.63) is 47.7 Å². The molecule has 0 aliphatic heterocycles. The van der Waals surface area contributed by atoms with E-state index in [-0.39, 0.29) is 5.76 Å². The topological polar surface area (TPSA) is 62.5 Å². The Kier molecular flexibility index (Phi) is 3.37. The Labute approximate surface area is 105 Å². The Morgan fingerprint density at radius 3 is 2.56 bits per heavy atom. The van der Waals surface area contributed by atoms with Gasteiger partial charge in [-0.3, -0.25) is 0 Å². The van der Waals surface area contributed by atoms with Gasteiger partial charge in [0.2, 0.25) is 5.76 Å². The highest BCUT2D eigenvalue weighted by Crippen LogP contribution is 2.27. The monoisotopic (exact) mass is 245 g/mol. The molecule has 2 aromatic rings. The van der Waals surface area contributed by atoms with Gasteiger partial charge in [-0.1, -0.05) is 32.0 Å². The van der Waals surface area contributed by atoms with Gasteiger partial charge >= 0.3 is 5.97 Å². The van der Waals surface area contributed by atoms with Crippen molar-refractivity contribution in [3.63, 3.8) is 0 Å². The molecule has 4 nitrogen and oxygen atoms in total. The molecule has 0 atom stereocenters. The highest BCUT2D eigenvalue weighted by molar-refractivity contribution is 5.85. The molecule has 1 aromatic heterocycles. The maximum atomic E-state index is 10.7. The fourth-order valence-electron chi connectivity index (χ4n) is 1.77. The van der Waals surface area contributed by atoms with Crippen LogP contribution < -0.4 is 5.32 Å². The summed E-state index contributed by atoms with van der Waals surface area (Å²) in [5.41, 5.74) is 2.09. The van der Waals surface area contributed by atoms with Crippen molar-refractivity contribution >= 4 is 17.5 Å². The molecule has 0 spiro atoms. The first-order chi connectivity index (χ1) is 8.58. The second-order valence-electron chi connectivity index (χ2n) is 4.34. The molecule has 0 aliphatic rings. The molecule has 0 amide bonds. The van der Waals surface area contributed by atoms with E-state index in [4.69, 9.17) is 9.52 Å². The third kappa shape index (κ3) is 2.53. The van der Waals surface area contributed by atoms with E-state index in [9.17, 15) is 4.79 Å². The summed E-state index contributed by atoms with van der Waals surface area (Å²) in [4.78, 5) is 10.7. The van der Waals surface area contributed by atoms with Crippen molar-refractivity contribution in [1.29, 1.82) is 0 Å². The number of benzene rings is 1. The zero-order valence-corrected chi connectivity index (χ0v) is 10.3. The van der Waals surface area contributed by atoms with Crippen LogP contribution in [-0.2, 0) is 0 Å². The molecule has 18 heavy (non-hydrogen) atoms. The highest BCUT2D eigenvalue weighted by Gasteiger charge is 2.11. The van der Waals surface area contributed by atoms with Gasteiger partial charge in [-0.25, -0.2) is 4.79 Å². The fourth-order valence-corrected chi connectivity index (χ4v) is 1.77. The van der Waals surface area contributed by atoms with Gasteiger partial charge in [0.05, 0.1) is 0 Å². The van der Waals surface area contributed by atoms with E-state index in [1.807, 2.05) is 24.3 Å². The molecule has 1 heterocycles. The molecule has 0 radical (unpaired) electrons. The Balaban J connectivity index is 2.25. The summed E-state index contributed by atoms with van der Waals surface area (Å²) in [6.45, 7) is 4.21. The Hall–Kier alpha value is -2.23. The summed E-state index contributed by atoms with van der Waals surface area (Å²) in [6.07, 6.45) is 0. The number of para-hydroxylation sites is 1. The van der Waals surface area contributed by atoms with Crippen LogP contribution in [0.25, 0.3) is 0 Å². The molecule has 1 aromatic carbocycles. The molecule has 2 rings (SSSR count). The average molecular weight is 245 g/mol. The second-order valence-corrected chi connectivity index (χ2v) is 4.34. The maximum Gasteiger partial charge on any atom is 0.371 e. The van der Waals surface area contributed by atoms with Crippen molar-refractivity contribution in [2.75, 3.05) is 5.32 Å². The molecule has 0 fully saturated rings. The number of carboxylic acid groups (broad SMARTS) is 1. The lowest BCUT2D eigenvalue weighted by atomic mass is 10.0. The fraction of sp³-hybridized carbons (Fsp3) is 0.214. The molecule has 0 saturated carbocycles. The van der Waals surface area contributed by atoms with Gasteiger partial charge < -0.3 is 14.8 Å². The zero-order chi connectivity index (χ0) is 13.1. The van der Waals surface area contributed by atoms with E-state index in [0.717, 1.165) is 11.3 Å². The highest BCUT2D eigenvalue weighted by atomic mass is 16.4. The number of nitrogens with one attached hydrogen (secondary N) is 1. The van der Waals surface area contributed by atoms with Crippen molar-refractivity contribution in [2.24, 2.45) is 0 Å². The van der Waals surface area contributed by atoms with E-state index >= 15 is 0 Å². The second kappa shape index (κ2) is 4.96. The van der Waals surface area contributed by atoms with Crippen molar-refractivity contribution in [2.45, 2.75) is 19.8 Å². The van der Waals surface area contributed by atoms with Crippen LogP contribution in [0, 0.1) is 0 Å². The quantitative estimate of drug-likeness (QED) is 0.858. The van der Waals surface area contributed by atoms with Crippen LogP contribution in [-0.4, -0.2) is 11.1 Å². The van der Waals surface area contributed by atoms with E-state index in [0.29, 0.717) is 11.8 Å². The van der Waals surface area contributed by atoms with Gasteiger partial charge in [0, 0.05) is 11.8 Å². The number of hydrogen-bond acceptors (Lipinski definition) is 3. The predicted molar refractivity (Wildman–Crippen MR) is 69.5 cm³/mol. The van der Waals surface area contributed by atoms with Gasteiger partial charge in [0.15, 0.2) is 5.88 Å². The van der Waals surface area contributed by atoms with E-state index in [2.05, 4.69) is 19.2 Å². The van der Waals surface area contributed by atoms with Gasteiger partial charge in [-0.2, -0.15) is 0 Å². The minimum Gasteiger partial charge on any atom is -0.475 e. The molecule has 0 unspecified atom stereocenters. The summed E-state index contributed by atoms with van der Waals surface area (Å²) >= 11 is 0. The van der Waals surface area contributed by atoms with Crippen molar-refractivity contribution in [3.8, 4) is 0 Å². The van der Waals surface area contributed by atoms with Gasteiger partial charge in [-0.15, -0.1) is 0 Å². The standard InChI is InChI=1S/C14H15NO3/c1-9(2)10-5-3-4-6-11(10)15-13-8-7-12(18-13)14(16)17/h3-9,15H,1-2H3,(H,16,17). The van der Waals surface area contributed by atoms with Gasteiger partial charge in [0.1, 0.15) is 0 Å². The third-order valence-electron chi connectivity index (χ3n) is 2.66. The summed E-state index contributed by atoms with van der Waals surface area (Å²) in [5, 5.41) is 11.9. The van der Waals surface area contributed by atoms with Gasteiger partial charge in [0.25, 0.3) is 0 Å². The van der Waals surface area contributed by atoms with Crippen LogP contribution in [0.4, 0.5) is 11.6 Å². The first-order valence-corrected chi connectivity index (χ1v) is 5.77.